The van der Waals surface area contributed by atoms with Crippen LogP contribution in [0.25, 0.3) is 0 Å². The number of hydrogen-bond donors (Lipinski definition) is 0. The first-order valence-corrected chi connectivity index (χ1v) is 12.5. The average Bonchev–Trinajstić information content (AvgIpc) is 2.84. The summed E-state index contributed by atoms with van der Waals surface area (Å²) in [5, 5.41) is 0. The van der Waals surface area contributed by atoms with Gasteiger partial charge in [0.05, 0.1) is 5.92 Å². The number of likely N-dealkylation sites (tertiary alicyclic amines) is 2. The molecule has 172 valence electrons. The van der Waals surface area contributed by atoms with E-state index in [1.165, 1.54) is 51.9 Å². The lowest BCUT2D eigenvalue weighted by Gasteiger charge is -2.42. The van der Waals surface area contributed by atoms with Gasteiger partial charge in [0, 0.05) is 38.4 Å². The van der Waals surface area contributed by atoms with Crippen LogP contribution in [0.2, 0.25) is 0 Å². The van der Waals surface area contributed by atoms with Crippen molar-refractivity contribution in [3.63, 3.8) is 0 Å². The Morgan fingerprint density at radius 3 is 2.52 bits per heavy atom. The standard InChI is InChI=1S/C25H41N5O/c1-3-28(19-21-9-17-29(18-10-21)23-11-15-27(2)16-12-23)25(31)22-7-6-14-30(20-22)24-8-4-5-13-26-24/h4-5,8,13,21-23H,3,6-7,9-12,14-20H2,1-2H3. The zero-order chi connectivity index (χ0) is 21.6. The van der Waals surface area contributed by atoms with Gasteiger partial charge in [-0.1, -0.05) is 6.07 Å². The highest BCUT2D eigenvalue weighted by atomic mass is 16.2. The van der Waals surface area contributed by atoms with Gasteiger partial charge < -0.3 is 19.6 Å². The maximum atomic E-state index is 13.4. The van der Waals surface area contributed by atoms with Crippen LogP contribution in [-0.2, 0) is 4.79 Å². The van der Waals surface area contributed by atoms with Crippen molar-refractivity contribution in [2.45, 2.75) is 51.5 Å². The number of rotatable bonds is 6. The zero-order valence-electron chi connectivity index (χ0n) is 19.6. The second-order valence-corrected chi connectivity index (χ2v) is 9.86. The molecule has 3 fully saturated rings. The Morgan fingerprint density at radius 2 is 1.84 bits per heavy atom. The Kier molecular flexibility index (Phi) is 7.83. The lowest BCUT2D eigenvalue weighted by Crippen LogP contribution is -2.49. The van der Waals surface area contributed by atoms with E-state index in [2.05, 4.69) is 44.6 Å². The fourth-order valence-electron chi connectivity index (χ4n) is 5.73. The van der Waals surface area contributed by atoms with Gasteiger partial charge in [-0.15, -0.1) is 0 Å². The van der Waals surface area contributed by atoms with Crippen LogP contribution in [-0.4, -0.2) is 91.0 Å². The molecule has 4 heterocycles. The third kappa shape index (κ3) is 5.78. The molecule has 1 unspecified atom stereocenters. The van der Waals surface area contributed by atoms with Crippen molar-refractivity contribution in [2.24, 2.45) is 11.8 Å². The van der Waals surface area contributed by atoms with E-state index < -0.39 is 0 Å². The number of carbonyl (C=O) groups excluding carboxylic acids is 1. The van der Waals surface area contributed by atoms with Crippen LogP contribution in [0, 0.1) is 11.8 Å². The van der Waals surface area contributed by atoms with Crippen LogP contribution in [0.3, 0.4) is 0 Å². The number of amides is 1. The zero-order valence-corrected chi connectivity index (χ0v) is 19.6. The van der Waals surface area contributed by atoms with E-state index in [4.69, 9.17) is 0 Å². The minimum atomic E-state index is 0.107. The monoisotopic (exact) mass is 427 g/mol. The Balaban J connectivity index is 1.26. The van der Waals surface area contributed by atoms with E-state index in [1.807, 2.05) is 18.3 Å². The molecule has 1 amide bonds. The minimum absolute atomic E-state index is 0.107. The fourth-order valence-corrected chi connectivity index (χ4v) is 5.73. The molecule has 0 radical (unpaired) electrons. The molecule has 0 spiro atoms. The van der Waals surface area contributed by atoms with Crippen molar-refractivity contribution >= 4 is 11.7 Å². The van der Waals surface area contributed by atoms with E-state index >= 15 is 0 Å². The predicted octanol–water partition coefficient (Wildman–Crippen LogP) is 2.95. The quantitative estimate of drug-likeness (QED) is 0.698. The number of hydrogen-bond acceptors (Lipinski definition) is 5. The van der Waals surface area contributed by atoms with Gasteiger partial charge in [-0.3, -0.25) is 4.79 Å². The molecule has 6 nitrogen and oxygen atoms in total. The molecule has 0 saturated carbocycles. The van der Waals surface area contributed by atoms with E-state index in [-0.39, 0.29) is 5.92 Å². The van der Waals surface area contributed by atoms with Crippen LogP contribution >= 0.6 is 0 Å². The molecule has 31 heavy (non-hydrogen) atoms. The first-order valence-electron chi connectivity index (χ1n) is 12.5. The summed E-state index contributed by atoms with van der Waals surface area (Å²) >= 11 is 0. The van der Waals surface area contributed by atoms with Gasteiger partial charge >= 0.3 is 0 Å². The first-order chi connectivity index (χ1) is 15.1. The summed E-state index contributed by atoms with van der Waals surface area (Å²) in [6.07, 6.45) is 9.02. The maximum absolute atomic E-state index is 13.4. The summed E-state index contributed by atoms with van der Waals surface area (Å²) < 4.78 is 0. The highest BCUT2D eigenvalue weighted by molar-refractivity contribution is 5.79. The van der Waals surface area contributed by atoms with E-state index in [1.54, 1.807) is 0 Å². The molecule has 1 aromatic rings. The third-order valence-corrected chi connectivity index (χ3v) is 7.77. The summed E-state index contributed by atoms with van der Waals surface area (Å²) in [5.74, 6) is 2.13. The molecule has 0 N–H and O–H groups in total. The molecular formula is C25H41N5O. The Hall–Kier alpha value is -1.66. The number of piperidine rings is 3. The lowest BCUT2D eigenvalue weighted by molar-refractivity contribution is -0.136. The number of nitrogens with zero attached hydrogens (tertiary/aromatic N) is 5. The van der Waals surface area contributed by atoms with Crippen molar-refractivity contribution in [3.05, 3.63) is 24.4 Å². The van der Waals surface area contributed by atoms with Gasteiger partial charge in [0.25, 0.3) is 0 Å². The molecular weight excluding hydrogens is 386 g/mol. The second-order valence-electron chi connectivity index (χ2n) is 9.86. The molecule has 6 heteroatoms. The van der Waals surface area contributed by atoms with Gasteiger partial charge in [-0.05, 0) is 96.7 Å². The Labute approximate surface area is 188 Å². The van der Waals surface area contributed by atoms with E-state index in [0.29, 0.717) is 11.8 Å². The summed E-state index contributed by atoms with van der Waals surface area (Å²) in [7, 11) is 2.24. The average molecular weight is 428 g/mol. The fraction of sp³-hybridized carbons (Fsp3) is 0.760. The molecule has 1 aromatic heterocycles. The van der Waals surface area contributed by atoms with Crippen molar-refractivity contribution in [3.8, 4) is 0 Å². The Bertz CT molecular complexity index is 682. The molecule has 1 atom stereocenters. The third-order valence-electron chi connectivity index (χ3n) is 7.77. The van der Waals surface area contributed by atoms with Crippen molar-refractivity contribution in [1.29, 1.82) is 0 Å². The summed E-state index contributed by atoms with van der Waals surface area (Å²) in [6, 6.07) is 6.82. The van der Waals surface area contributed by atoms with Crippen LogP contribution in [0.5, 0.6) is 0 Å². The highest BCUT2D eigenvalue weighted by Gasteiger charge is 2.32. The smallest absolute Gasteiger partial charge is 0.227 e. The van der Waals surface area contributed by atoms with Gasteiger partial charge in [0.1, 0.15) is 5.82 Å². The van der Waals surface area contributed by atoms with Gasteiger partial charge in [-0.25, -0.2) is 4.98 Å². The first kappa shape index (κ1) is 22.5. The predicted molar refractivity (Wildman–Crippen MR) is 126 cm³/mol. The number of anilines is 1. The summed E-state index contributed by atoms with van der Waals surface area (Å²) in [6.45, 7) is 10.6. The highest BCUT2D eigenvalue weighted by Crippen LogP contribution is 2.26. The molecule has 0 bridgehead atoms. The number of carbonyl (C=O) groups is 1. The lowest BCUT2D eigenvalue weighted by atomic mass is 9.91. The summed E-state index contributed by atoms with van der Waals surface area (Å²) in [5.41, 5.74) is 0. The van der Waals surface area contributed by atoms with Crippen molar-refractivity contribution < 1.29 is 4.79 Å². The van der Waals surface area contributed by atoms with Crippen molar-refractivity contribution in [2.75, 3.05) is 64.3 Å². The molecule has 0 aromatic carbocycles. The van der Waals surface area contributed by atoms with E-state index in [0.717, 1.165) is 50.9 Å². The maximum Gasteiger partial charge on any atom is 0.227 e. The molecule has 0 aliphatic carbocycles. The van der Waals surface area contributed by atoms with Crippen LogP contribution < -0.4 is 4.90 Å². The number of aromatic nitrogens is 1. The molecule has 3 aliphatic rings. The second kappa shape index (κ2) is 10.8. The minimum Gasteiger partial charge on any atom is -0.356 e. The summed E-state index contributed by atoms with van der Waals surface area (Å²) in [4.78, 5) is 27.5. The van der Waals surface area contributed by atoms with Crippen molar-refractivity contribution in [1.82, 2.24) is 19.7 Å². The number of pyridine rings is 1. The Morgan fingerprint density at radius 1 is 1.06 bits per heavy atom. The van der Waals surface area contributed by atoms with E-state index in [9.17, 15) is 4.79 Å². The SMILES string of the molecule is CCN(CC1CCN(C2CCN(C)CC2)CC1)C(=O)C1CCCN(c2ccccn2)C1. The largest absolute Gasteiger partial charge is 0.356 e. The van der Waals surface area contributed by atoms with Crippen LogP contribution in [0.15, 0.2) is 24.4 Å². The molecule has 3 saturated heterocycles. The topological polar surface area (TPSA) is 42.9 Å². The molecule has 3 aliphatic heterocycles. The van der Waals surface area contributed by atoms with Crippen LogP contribution in [0.4, 0.5) is 5.82 Å². The van der Waals surface area contributed by atoms with Gasteiger partial charge in [-0.2, -0.15) is 0 Å². The van der Waals surface area contributed by atoms with Gasteiger partial charge in [0.2, 0.25) is 5.91 Å². The van der Waals surface area contributed by atoms with Gasteiger partial charge in [0.15, 0.2) is 0 Å². The normalized spacial score (nSPS) is 25.0. The van der Waals surface area contributed by atoms with Crippen LogP contribution in [0.1, 0.15) is 45.4 Å². The molecule has 4 rings (SSSR count).